The lowest BCUT2D eigenvalue weighted by Crippen LogP contribution is -2.37. The third-order valence-electron chi connectivity index (χ3n) is 3.95. The number of ether oxygens (including phenoxy) is 1. The Balaban J connectivity index is 1.68. The second-order valence-electron chi connectivity index (χ2n) is 5.94. The first-order valence-electron chi connectivity index (χ1n) is 8.06. The zero-order valence-corrected chi connectivity index (χ0v) is 16.7. The molecule has 0 atom stereocenters. The first kappa shape index (κ1) is 20.6. The highest BCUT2D eigenvalue weighted by molar-refractivity contribution is 6.36. The van der Waals surface area contributed by atoms with E-state index in [1.165, 1.54) is 41.8 Å². The fourth-order valence-corrected chi connectivity index (χ4v) is 2.95. The first-order chi connectivity index (χ1) is 13.7. The molecule has 0 saturated heterocycles. The fourth-order valence-electron chi connectivity index (χ4n) is 2.52. The van der Waals surface area contributed by atoms with Crippen molar-refractivity contribution in [3.63, 3.8) is 0 Å². The number of carbonyl (C=O) groups is 2. The molecule has 13 heteroatoms. The number of pyridine rings is 1. The number of aromatic nitrogens is 5. The van der Waals surface area contributed by atoms with Crippen LogP contribution in [0.25, 0.3) is 11.2 Å². The number of aryl methyl sites for hydroxylation is 1. The molecular weight excluding hydrogens is 427 g/mol. The highest BCUT2D eigenvalue weighted by Crippen LogP contribution is 2.22. The summed E-state index contributed by atoms with van der Waals surface area (Å²) in [6.45, 7) is -0.972. The maximum Gasteiger partial charge on any atom is 0.332 e. The monoisotopic (exact) mass is 440 g/mol. The van der Waals surface area contributed by atoms with Crippen LogP contribution < -0.4 is 16.6 Å². The SMILES string of the molecule is Cn1c(=O)c2c(ncn2CC(=O)OCC(=O)Nc2ncc(Cl)cc2Cl)n(C)c1=O. The summed E-state index contributed by atoms with van der Waals surface area (Å²) in [4.78, 5) is 56.1. The summed E-state index contributed by atoms with van der Waals surface area (Å²) in [5, 5.41) is 2.81. The Hall–Kier alpha value is -3.18. The summed E-state index contributed by atoms with van der Waals surface area (Å²) < 4.78 is 8.25. The van der Waals surface area contributed by atoms with Crippen molar-refractivity contribution >= 4 is 52.1 Å². The van der Waals surface area contributed by atoms with E-state index in [0.717, 1.165) is 4.57 Å². The Bertz CT molecular complexity index is 1250. The molecule has 0 aliphatic rings. The fraction of sp³-hybridized carbons (Fsp3) is 0.250. The molecule has 0 aliphatic carbocycles. The van der Waals surface area contributed by atoms with Gasteiger partial charge >= 0.3 is 11.7 Å². The molecule has 1 amide bonds. The lowest BCUT2D eigenvalue weighted by atomic mass is 10.4. The number of amides is 1. The number of rotatable bonds is 5. The number of halogens is 2. The molecule has 0 unspecified atom stereocenters. The zero-order chi connectivity index (χ0) is 21.3. The van der Waals surface area contributed by atoms with Crippen molar-refractivity contribution in [2.24, 2.45) is 14.1 Å². The van der Waals surface area contributed by atoms with Crippen molar-refractivity contribution in [2.45, 2.75) is 6.54 Å². The topological polar surface area (TPSA) is 130 Å². The van der Waals surface area contributed by atoms with E-state index >= 15 is 0 Å². The van der Waals surface area contributed by atoms with Crippen LogP contribution in [0, 0.1) is 0 Å². The van der Waals surface area contributed by atoms with Crippen molar-refractivity contribution in [2.75, 3.05) is 11.9 Å². The molecule has 0 fully saturated rings. The highest BCUT2D eigenvalue weighted by Gasteiger charge is 2.17. The minimum atomic E-state index is -0.787. The standard InChI is InChI=1S/C16H14Cl2N6O5/c1-22-14-12(15(27)23(2)16(22)28)24(7-20-14)5-11(26)29-6-10(25)21-13-9(18)3-8(17)4-19-13/h3-4,7H,5-6H2,1-2H3,(H,19,21,25). The van der Waals surface area contributed by atoms with Crippen molar-refractivity contribution in [1.82, 2.24) is 23.7 Å². The molecular formula is C16H14Cl2N6O5. The van der Waals surface area contributed by atoms with E-state index in [9.17, 15) is 19.2 Å². The summed E-state index contributed by atoms with van der Waals surface area (Å²) in [7, 11) is 2.78. The molecule has 0 spiro atoms. The van der Waals surface area contributed by atoms with E-state index in [1.54, 1.807) is 0 Å². The number of nitrogens with one attached hydrogen (secondary N) is 1. The molecule has 29 heavy (non-hydrogen) atoms. The molecule has 3 aromatic rings. The van der Waals surface area contributed by atoms with E-state index in [4.69, 9.17) is 27.9 Å². The van der Waals surface area contributed by atoms with Crippen molar-refractivity contribution in [3.05, 3.63) is 49.5 Å². The van der Waals surface area contributed by atoms with Gasteiger partial charge in [0.2, 0.25) is 0 Å². The molecule has 152 valence electrons. The Morgan fingerprint density at radius 3 is 2.59 bits per heavy atom. The van der Waals surface area contributed by atoms with Gasteiger partial charge in [0, 0.05) is 20.3 Å². The number of hydrogen-bond donors (Lipinski definition) is 1. The summed E-state index contributed by atoms with van der Waals surface area (Å²) >= 11 is 11.6. The second kappa shape index (κ2) is 8.05. The van der Waals surface area contributed by atoms with Crippen LogP contribution in [-0.2, 0) is 35.0 Å². The Labute approximate surface area is 172 Å². The summed E-state index contributed by atoms with van der Waals surface area (Å²) in [6, 6.07) is 1.40. The summed E-state index contributed by atoms with van der Waals surface area (Å²) in [5.74, 6) is -1.38. The number of fused-ring (bicyclic) bond motifs is 1. The smallest absolute Gasteiger partial charge is 0.332 e. The van der Waals surface area contributed by atoms with Crippen LogP contribution >= 0.6 is 23.2 Å². The third kappa shape index (κ3) is 4.15. The normalized spacial score (nSPS) is 10.9. The molecule has 0 radical (unpaired) electrons. The van der Waals surface area contributed by atoms with Gasteiger partial charge in [-0.25, -0.2) is 14.8 Å². The summed E-state index contributed by atoms with van der Waals surface area (Å²) in [5.41, 5.74) is -0.948. The average Bonchev–Trinajstić information content (AvgIpc) is 3.09. The van der Waals surface area contributed by atoms with Gasteiger partial charge in [0.25, 0.3) is 11.5 Å². The molecule has 0 saturated carbocycles. The van der Waals surface area contributed by atoms with Gasteiger partial charge < -0.3 is 14.6 Å². The third-order valence-corrected chi connectivity index (χ3v) is 4.44. The number of esters is 1. The van der Waals surface area contributed by atoms with Crippen molar-refractivity contribution in [1.29, 1.82) is 0 Å². The zero-order valence-electron chi connectivity index (χ0n) is 15.2. The lowest BCUT2D eigenvalue weighted by Gasteiger charge is -2.08. The van der Waals surface area contributed by atoms with Crippen molar-refractivity contribution in [3.8, 4) is 0 Å². The van der Waals surface area contributed by atoms with Crippen LogP contribution in [0.2, 0.25) is 10.0 Å². The predicted octanol–water partition coefficient (Wildman–Crippen LogP) is 0.317. The minimum absolute atomic E-state index is 0.0631. The van der Waals surface area contributed by atoms with Crippen LogP contribution in [0.15, 0.2) is 28.2 Å². The highest BCUT2D eigenvalue weighted by atomic mass is 35.5. The molecule has 1 N–H and O–H groups in total. The largest absolute Gasteiger partial charge is 0.454 e. The number of nitrogens with zero attached hydrogens (tertiary/aromatic N) is 5. The van der Waals surface area contributed by atoms with E-state index in [0.29, 0.717) is 5.02 Å². The van der Waals surface area contributed by atoms with Gasteiger partial charge in [-0.2, -0.15) is 0 Å². The van der Waals surface area contributed by atoms with Gasteiger partial charge in [-0.15, -0.1) is 0 Å². The predicted molar refractivity (Wildman–Crippen MR) is 104 cm³/mol. The molecule has 11 nitrogen and oxygen atoms in total. The van der Waals surface area contributed by atoms with E-state index in [2.05, 4.69) is 15.3 Å². The number of imidazole rings is 1. The molecule has 3 rings (SSSR count). The van der Waals surface area contributed by atoms with Crippen LogP contribution in [-0.4, -0.2) is 42.2 Å². The molecule has 3 aromatic heterocycles. The van der Waals surface area contributed by atoms with Gasteiger partial charge in [0.15, 0.2) is 23.6 Å². The second-order valence-corrected chi connectivity index (χ2v) is 6.79. The van der Waals surface area contributed by atoms with E-state index in [-0.39, 0.29) is 28.5 Å². The van der Waals surface area contributed by atoms with Gasteiger partial charge in [-0.3, -0.25) is 23.5 Å². The minimum Gasteiger partial charge on any atom is -0.454 e. The van der Waals surface area contributed by atoms with Crippen molar-refractivity contribution < 1.29 is 14.3 Å². The van der Waals surface area contributed by atoms with Gasteiger partial charge in [0.1, 0.15) is 6.54 Å². The molecule has 0 aliphatic heterocycles. The maximum atomic E-state index is 12.3. The Morgan fingerprint density at radius 1 is 1.17 bits per heavy atom. The number of anilines is 1. The number of hydrogen-bond acceptors (Lipinski definition) is 7. The Kier molecular flexibility index (Phi) is 5.71. The number of carbonyl (C=O) groups excluding carboxylic acids is 2. The van der Waals surface area contributed by atoms with Crippen LogP contribution in [0.4, 0.5) is 5.82 Å². The lowest BCUT2D eigenvalue weighted by molar-refractivity contribution is -0.147. The van der Waals surface area contributed by atoms with Gasteiger partial charge in [0.05, 0.1) is 16.4 Å². The van der Waals surface area contributed by atoms with Crippen LogP contribution in [0.1, 0.15) is 0 Å². The van der Waals surface area contributed by atoms with Gasteiger partial charge in [-0.05, 0) is 6.07 Å². The quantitative estimate of drug-likeness (QED) is 0.565. The summed E-state index contributed by atoms with van der Waals surface area (Å²) in [6.07, 6.45) is 2.54. The molecule has 3 heterocycles. The Morgan fingerprint density at radius 2 is 1.90 bits per heavy atom. The first-order valence-corrected chi connectivity index (χ1v) is 8.82. The average molecular weight is 441 g/mol. The molecule has 0 bridgehead atoms. The maximum absolute atomic E-state index is 12.3. The van der Waals surface area contributed by atoms with Crippen LogP contribution in [0.5, 0.6) is 0 Å². The van der Waals surface area contributed by atoms with E-state index in [1.807, 2.05) is 0 Å². The van der Waals surface area contributed by atoms with Gasteiger partial charge in [-0.1, -0.05) is 23.2 Å². The van der Waals surface area contributed by atoms with Crippen LogP contribution in [0.3, 0.4) is 0 Å². The molecule has 0 aromatic carbocycles. The van der Waals surface area contributed by atoms with E-state index < -0.39 is 29.7 Å².